The Morgan fingerprint density at radius 3 is 2.42 bits per heavy atom. The Morgan fingerprint density at radius 1 is 1.06 bits per heavy atom. The van der Waals surface area contributed by atoms with Gasteiger partial charge in [-0.25, -0.2) is 18.9 Å². The van der Waals surface area contributed by atoms with Crippen molar-refractivity contribution < 1.29 is 28.3 Å². The van der Waals surface area contributed by atoms with E-state index in [1.807, 2.05) is 17.5 Å². The van der Waals surface area contributed by atoms with Gasteiger partial charge in [0.05, 0.1) is 24.3 Å². The van der Waals surface area contributed by atoms with Crippen molar-refractivity contribution in [1.29, 1.82) is 0 Å². The van der Waals surface area contributed by atoms with Crippen molar-refractivity contribution in [3.63, 3.8) is 0 Å². The van der Waals surface area contributed by atoms with E-state index in [1.54, 1.807) is 19.1 Å². The maximum absolute atomic E-state index is 13.4. The summed E-state index contributed by atoms with van der Waals surface area (Å²) in [5, 5.41) is 4.63. The number of halogens is 1. The number of carbonyl (C=O) groups is 4. The number of imide groups is 1. The number of anilines is 2. The van der Waals surface area contributed by atoms with Gasteiger partial charge in [0.2, 0.25) is 5.91 Å². The Bertz CT molecular complexity index is 1250. The van der Waals surface area contributed by atoms with E-state index < -0.39 is 35.7 Å². The molecule has 0 unspecified atom stereocenters. The van der Waals surface area contributed by atoms with E-state index >= 15 is 0 Å². The minimum atomic E-state index is -1.01. The van der Waals surface area contributed by atoms with Gasteiger partial charge in [-0.05, 0) is 73.3 Å². The fourth-order valence-electron chi connectivity index (χ4n) is 3.89. The predicted molar refractivity (Wildman–Crippen MR) is 133 cm³/mol. The first-order valence-corrected chi connectivity index (χ1v) is 12.2. The molecule has 8 nitrogen and oxygen atoms in total. The van der Waals surface area contributed by atoms with Crippen LogP contribution in [-0.4, -0.2) is 47.9 Å². The second-order valence-corrected chi connectivity index (χ2v) is 9.05. The Balaban J connectivity index is 1.49. The summed E-state index contributed by atoms with van der Waals surface area (Å²) in [6.07, 6.45) is 0.272. The highest BCUT2D eigenvalue weighted by Crippen LogP contribution is 2.28. The Morgan fingerprint density at radius 2 is 1.78 bits per heavy atom. The van der Waals surface area contributed by atoms with E-state index in [4.69, 9.17) is 4.74 Å². The van der Waals surface area contributed by atoms with E-state index in [0.717, 1.165) is 9.78 Å². The van der Waals surface area contributed by atoms with Crippen molar-refractivity contribution in [2.45, 2.75) is 25.8 Å². The van der Waals surface area contributed by atoms with Crippen molar-refractivity contribution in [3.05, 3.63) is 82.3 Å². The van der Waals surface area contributed by atoms with Crippen LogP contribution in [0, 0.1) is 5.82 Å². The molecule has 1 saturated heterocycles. The highest BCUT2D eigenvalue weighted by Gasteiger charge is 2.46. The molecule has 4 rings (SSSR count). The lowest BCUT2D eigenvalue weighted by molar-refractivity contribution is -0.124. The average Bonchev–Trinajstić information content (AvgIpc) is 3.46. The standard InChI is InChI=1S/C26H24FN3O5S/c1-2-35-25(33)17-5-9-19(10-6-17)28-23(31)16-22-24(32)30(20-11-7-18(27)8-12-20)26(34)29(22)14-13-21-4-3-15-36-21/h3-12,15,22H,2,13-14,16H2,1H3,(H,28,31)/t22-/m0/s1. The smallest absolute Gasteiger partial charge is 0.338 e. The van der Waals surface area contributed by atoms with Crippen LogP contribution in [0.25, 0.3) is 0 Å². The minimum Gasteiger partial charge on any atom is -0.462 e. The van der Waals surface area contributed by atoms with Crippen LogP contribution in [0.1, 0.15) is 28.6 Å². The molecule has 3 aromatic rings. The maximum atomic E-state index is 13.4. The number of urea groups is 1. The van der Waals surface area contributed by atoms with E-state index in [9.17, 15) is 23.6 Å². The van der Waals surface area contributed by atoms with Gasteiger partial charge in [-0.3, -0.25) is 9.59 Å². The number of thiophene rings is 1. The molecule has 1 aromatic heterocycles. The molecule has 0 aliphatic carbocycles. The highest BCUT2D eigenvalue weighted by molar-refractivity contribution is 7.09. The zero-order valence-corrected chi connectivity index (χ0v) is 20.3. The van der Waals surface area contributed by atoms with Gasteiger partial charge in [-0.2, -0.15) is 0 Å². The third-order valence-corrected chi connectivity index (χ3v) is 6.58. The van der Waals surface area contributed by atoms with Crippen LogP contribution in [-0.2, 0) is 20.7 Å². The molecule has 1 aliphatic heterocycles. The number of rotatable bonds is 9. The SMILES string of the molecule is CCOC(=O)c1ccc(NC(=O)C[C@H]2C(=O)N(c3ccc(F)cc3)C(=O)N2CCc2cccs2)cc1. The second kappa shape index (κ2) is 11.1. The molecule has 186 valence electrons. The molecule has 1 atom stereocenters. The number of hydrogen-bond acceptors (Lipinski definition) is 6. The van der Waals surface area contributed by atoms with Crippen LogP contribution < -0.4 is 10.2 Å². The number of benzene rings is 2. The summed E-state index contributed by atoms with van der Waals surface area (Å²) in [6.45, 7) is 2.21. The molecule has 0 saturated carbocycles. The molecule has 0 spiro atoms. The average molecular weight is 510 g/mol. The van der Waals surface area contributed by atoms with Crippen LogP contribution in [0.3, 0.4) is 0 Å². The summed E-state index contributed by atoms with van der Waals surface area (Å²) in [4.78, 5) is 54.6. The van der Waals surface area contributed by atoms with Gasteiger partial charge in [0, 0.05) is 17.1 Å². The zero-order valence-electron chi connectivity index (χ0n) is 19.5. The number of esters is 1. The van der Waals surface area contributed by atoms with Crippen molar-refractivity contribution >= 4 is 46.5 Å². The van der Waals surface area contributed by atoms with Gasteiger partial charge in [-0.1, -0.05) is 6.07 Å². The Labute approximate surface area is 211 Å². The first kappa shape index (κ1) is 25.1. The van der Waals surface area contributed by atoms with Crippen LogP contribution in [0.2, 0.25) is 0 Å². The van der Waals surface area contributed by atoms with Crippen molar-refractivity contribution in [1.82, 2.24) is 4.90 Å². The number of amides is 4. The van der Waals surface area contributed by atoms with Gasteiger partial charge >= 0.3 is 12.0 Å². The molecule has 36 heavy (non-hydrogen) atoms. The first-order valence-electron chi connectivity index (χ1n) is 11.4. The zero-order chi connectivity index (χ0) is 25.7. The summed E-state index contributed by atoms with van der Waals surface area (Å²) in [5.74, 6) is -1.97. The van der Waals surface area contributed by atoms with Gasteiger partial charge < -0.3 is 15.0 Å². The number of ether oxygens (including phenoxy) is 1. The predicted octanol–water partition coefficient (Wildman–Crippen LogP) is 4.47. The molecule has 4 amide bonds. The molecule has 1 N–H and O–H groups in total. The lowest BCUT2D eigenvalue weighted by Gasteiger charge is -2.21. The molecule has 1 fully saturated rings. The molecule has 2 aromatic carbocycles. The van der Waals surface area contributed by atoms with Gasteiger partial charge in [0.15, 0.2) is 0 Å². The summed E-state index contributed by atoms with van der Waals surface area (Å²) in [7, 11) is 0. The van der Waals surface area contributed by atoms with Gasteiger partial charge in [0.25, 0.3) is 5.91 Å². The quantitative estimate of drug-likeness (QED) is 0.339. The molecular weight excluding hydrogens is 485 g/mol. The normalized spacial score (nSPS) is 15.3. The molecule has 10 heteroatoms. The van der Waals surface area contributed by atoms with Crippen LogP contribution in [0.5, 0.6) is 0 Å². The maximum Gasteiger partial charge on any atom is 0.338 e. The van der Waals surface area contributed by atoms with Gasteiger partial charge in [0.1, 0.15) is 11.9 Å². The first-order chi connectivity index (χ1) is 17.4. The molecular formula is C26H24FN3O5S. The topological polar surface area (TPSA) is 96.0 Å². The van der Waals surface area contributed by atoms with E-state index in [-0.39, 0.29) is 25.3 Å². The summed E-state index contributed by atoms with van der Waals surface area (Å²) >= 11 is 1.54. The van der Waals surface area contributed by atoms with Gasteiger partial charge in [-0.15, -0.1) is 11.3 Å². The Kier molecular flexibility index (Phi) is 7.74. The summed E-state index contributed by atoms with van der Waals surface area (Å²) < 4.78 is 18.4. The summed E-state index contributed by atoms with van der Waals surface area (Å²) in [6, 6.07) is 13.5. The van der Waals surface area contributed by atoms with Crippen molar-refractivity contribution in [3.8, 4) is 0 Å². The number of nitrogens with zero attached hydrogens (tertiary/aromatic N) is 2. The fraction of sp³-hybridized carbons (Fsp3) is 0.231. The lowest BCUT2D eigenvalue weighted by Crippen LogP contribution is -2.39. The molecule has 0 bridgehead atoms. The van der Waals surface area contributed by atoms with E-state index in [2.05, 4.69) is 5.32 Å². The van der Waals surface area contributed by atoms with E-state index in [0.29, 0.717) is 17.7 Å². The van der Waals surface area contributed by atoms with Crippen LogP contribution in [0.4, 0.5) is 20.6 Å². The molecule has 2 heterocycles. The number of hydrogen-bond donors (Lipinski definition) is 1. The minimum absolute atomic E-state index is 0.241. The van der Waals surface area contributed by atoms with Crippen LogP contribution in [0.15, 0.2) is 66.0 Å². The monoisotopic (exact) mass is 509 g/mol. The Hall–Kier alpha value is -4.05. The summed E-state index contributed by atoms with van der Waals surface area (Å²) in [5.41, 5.74) is 1.02. The fourth-order valence-corrected chi connectivity index (χ4v) is 4.59. The molecule has 1 aliphatic rings. The highest BCUT2D eigenvalue weighted by atomic mass is 32.1. The van der Waals surface area contributed by atoms with E-state index in [1.165, 1.54) is 52.6 Å². The number of nitrogens with one attached hydrogen (secondary N) is 1. The van der Waals surface area contributed by atoms with Crippen molar-refractivity contribution in [2.75, 3.05) is 23.4 Å². The lowest BCUT2D eigenvalue weighted by atomic mass is 10.1. The number of carbonyl (C=O) groups excluding carboxylic acids is 4. The van der Waals surface area contributed by atoms with Crippen molar-refractivity contribution in [2.24, 2.45) is 0 Å². The largest absolute Gasteiger partial charge is 0.462 e. The van der Waals surface area contributed by atoms with Crippen LogP contribution >= 0.6 is 11.3 Å². The third-order valence-electron chi connectivity index (χ3n) is 5.64. The third kappa shape index (κ3) is 5.60. The second-order valence-electron chi connectivity index (χ2n) is 8.02. The molecule has 0 radical (unpaired) electrons.